The molecule has 0 saturated heterocycles. The molecule has 0 spiro atoms. The second-order valence-corrected chi connectivity index (χ2v) is 6.80. The summed E-state index contributed by atoms with van der Waals surface area (Å²) in [6.07, 6.45) is 3.98. The molecule has 1 atom stereocenters. The SMILES string of the molecule is CS(=O)CCCNC(=O)Cc1coc(-c2ccc(Cl)cc2)n1. The predicted octanol–water partition coefficient (Wildman–Crippen LogP) is 2.42. The van der Waals surface area contributed by atoms with E-state index in [2.05, 4.69) is 10.3 Å². The molecule has 2 rings (SSSR count). The highest BCUT2D eigenvalue weighted by Gasteiger charge is 2.10. The first kappa shape index (κ1) is 16.7. The zero-order chi connectivity index (χ0) is 15.9. The summed E-state index contributed by atoms with van der Waals surface area (Å²) in [4.78, 5) is 16.0. The maximum atomic E-state index is 11.8. The van der Waals surface area contributed by atoms with Crippen LogP contribution in [0.2, 0.25) is 5.02 Å². The largest absolute Gasteiger partial charge is 0.444 e. The van der Waals surface area contributed by atoms with Crippen LogP contribution in [0.5, 0.6) is 0 Å². The average molecular weight is 341 g/mol. The highest BCUT2D eigenvalue weighted by Crippen LogP contribution is 2.20. The summed E-state index contributed by atoms with van der Waals surface area (Å²) in [5.74, 6) is 0.920. The summed E-state index contributed by atoms with van der Waals surface area (Å²) < 4.78 is 16.3. The summed E-state index contributed by atoms with van der Waals surface area (Å²) in [6.45, 7) is 0.514. The van der Waals surface area contributed by atoms with E-state index in [-0.39, 0.29) is 12.3 Å². The molecular weight excluding hydrogens is 324 g/mol. The number of benzene rings is 1. The molecule has 1 heterocycles. The van der Waals surface area contributed by atoms with Crippen molar-refractivity contribution < 1.29 is 13.4 Å². The monoisotopic (exact) mass is 340 g/mol. The molecule has 5 nitrogen and oxygen atoms in total. The van der Waals surface area contributed by atoms with Crippen LogP contribution in [0.1, 0.15) is 12.1 Å². The normalized spacial score (nSPS) is 12.1. The molecule has 0 aliphatic carbocycles. The molecule has 0 saturated carbocycles. The number of hydrogen-bond acceptors (Lipinski definition) is 4. The van der Waals surface area contributed by atoms with Gasteiger partial charge in [-0.15, -0.1) is 0 Å². The minimum Gasteiger partial charge on any atom is -0.444 e. The standard InChI is InChI=1S/C15H17ClN2O3S/c1-22(20)8-2-7-17-14(19)9-13-10-21-15(18-13)11-3-5-12(16)6-4-11/h3-6,10H,2,7-9H2,1H3,(H,17,19). The molecule has 1 N–H and O–H groups in total. The number of nitrogens with zero attached hydrogens (tertiary/aromatic N) is 1. The van der Waals surface area contributed by atoms with Crippen LogP contribution in [-0.4, -0.2) is 33.7 Å². The molecule has 1 unspecified atom stereocenters. The lowest BCUT2D eigenvalue weighted by Crippen LogP contribution is -2.27. The van der Waals surface area contributed by atoms with Gasteiger partial charge in [-0.3, -0.25) is 9.00 Å². The molecule has 1 aromatic heterocycles. The van der Waals surface area contributed by atoms with Crippen molar-refractivity contribution in [2.45, 2.75) is 12.8 Å². The fourth-order valence-electron chi connectivity index (χ4n) is 1.84. The van der Waals surface area contributed by atoms with E-state index < -0.39 is 10.8 Å². The molecule has 22 heavy (non-hydrogen) atoms. The number of aromatic nitrogens is 1. The third-order valence-corrected chi connectivity index (χ3v) is 4.03. The number of halogens is 1. The van der Waals surface area contributed by atoms with Crippen molar-refractivity contribution in [1.29, 1.82) is 0 Å². The van der Waals surface area contributed by atoms with E-state index in [9.17, 15) is 9.00 Å². The third-order valence-electron chi connectivity index (χ3n) is 2.92. The van der Waals surface area contributed by atoms with Crippen LogP contribution in [0, 0.1) is 0 Å². The third kappa shape index (κ3) is 5.27. The van der Waals surface area contributed by atoms with Gasteiger partial charge in [0.25, 0.3) is 0 Å². The zero-order valence-electron chi connectivity index (χ0n) is 12.2. The minimum absolute atomic E-state index is 0.127. The highest BCUT2D eigenvalue weighted by atomic mass is 35.5. The molecule has 0 aliphatic heterocycles. The number of nitrogens with one attached hydrogen (secondary N) is 1. The average Bonchev–Trinajstić information content (AvgIpc) is 2.92. The van der Waals surface area contributed by atoms with Crippen molar-refractivity contribution in [1.82, 2.24) is 10.3 Å². The number of carbonyl (C=O) groups is 1. The minimum atomic E-state index is -0.826. The molecule has 0 fully saturated rings. The van der Waals surface area contributed by atoms with Gasteiger partial charge in [0.15, 0.2) is 0 Å². The molecular formula is C15H17ClN2O3S. The Labute approximate surface area is 136 Å². The maximum absolute atomic E-state index is 11.8. The second-order valence-electron chi connectivity index (χ2n) is 4.81. The summed E-state index contributed by atoms with van der Waals surface area (Å²) in [5, 5.41) is 3.41. The Hall–Kier alpha value is -1.66. The van der Waals surface area contributed by atoms with E-state index in [1.54, 1.807) is 18.4 Å². The molecule has 1 amide bonds. The first-order chi connectivity index (χ1) is 10.5. The van der Waals surface area contributed by atoms with Gasteiger partial charge in [0.1, 0.15) is 6.26 Å². The summed E-state index contributed by atoms with van der Waals surface area (Å²) >= 11 is 5.83. The zero-order valence-corrected chi connectivity index (χ0v) is 13.7. The Bertz CT molecular complexity index is 655. The first-order valence-corrected chi connectivity index (χ1v) is 8.92. The van der Waals surface area contributed by atoms with Crippen molar-refractivity contribution in [3.8, 4) is 11.5 Å². The Morgan fingerprint density at radius 2 is 2.09 bits per heavy atom. The van der Waals surface area contributed by atoms with Crippen LogP contribution in [0.15, 0.2) is 34.9 Å². The van der Waals surface area contributed by atoms with Gasteiger partial charge in [0.05, 0.1) is 12.1 Å². The number of oxazole rings is 1. The second kappa shape index (κ2) is 8.10. The molecule has 118 valence electrons. The lowest BCUT2D eigenvalue weighted by molar-refractivity contribution is -0.120. The predicted molar refractivity (Wildman–Crippen MR) is 87.2 cm³/mol. The number of rotatable bonds is 7. The van der Waals surface area contributed by atoms with Gasteiger partial charge in [0, 0.05) is 39.9 Å². The van der Waals surface area contributed by atoms with E-state index in [4.69, 9.17) is 16.0 Å². The number of hydrogen-bond donors (Lipinski definition) is 1. The van der Waals surface area contributed by atoms with Crippen LogP contribution in [0.25, 0.3) is 11.5 Å². The smallest absolute Gasteiger partial charge is 0.226 e. The van der Waals surface area contributed by atoms with Gasteiger partial charge >= 0.3 is 0 Å². The highest BCUT2D eigenvalue weighted by molar-refractivity contribution is 7.84. The van der Waals surface area contributed by atoms with Crippen molar-refractivity contribution in [2.24, 2.45) is 0 Å². The maximum Gasteiger partial charge on any atom is 0.226 e. The van der Waals surface area contributed by atoms with Crippen LogP contribution >= 0.6 is 11.6 Å². The number of carbonyl (C=O) groups excluding carboxylic acids is 1. The summed E-state index contributed by atoms with van der Waals surface area (Å²) in [7, 11) is -0.826. The van der Waals surface area contributed by atoms with Crippen LogP contribution in [-0.2, 0) is 22.0 Å². The van der Waals surface area contributed by atoms with Crippen molar-refractivity contribution in [3.05, 3.63) is 41.2 Å². The number of amides is 1. The molecule has 0 bridgehead atoms. The van der Waals surface area contributed by atoms with Gasteiger partial charge < -0.3 is 9.73 Å². The van der Waals surface area contributed by atoms with E-state index >= 15 is 0 Å². The van der Waals surface area contributed by atoms with Gasteiger partial charge in [-0.1, -0.05) is 11.6 Å². The van der Waals surface area contributed by atoms with E-state index in [0.29, 0.717) is 35.3 Å². The van der Waals surface area contributed by atoms with Crippen molar-refractivity contribution >= 4 is 28.3 Å². The molecule has 7 heteroatoms. The van der Waals surface area contributed by atoms with E-state index in [1.807, 2.05) is 12.1 Å². The topological polar surface area (TPSA) is 72.2 Å². The van der Waals surface area contributed by atoms with Crippen LogP contribution in [0.3, 0.4) is 0 Å². The Balaban J connectivity index is 1.85. The fourth-order valence-corrected chi connectivity index (χ4v) is 2.52. The Morgan fingerprint density at radius 3 is 2.77 bits per heavy atom. The first-order valence-electron chi connectivity index (χ1n) is 6.81. The van der Waals surface area contributed by atoms with Gasteiger partial charge in [-0.05, 0) is 30.7 Å². The van der Waals surface area contributed by atoms with Gasteiger partial charge in [0.2, 0.25) is 11.8 Å². The fraction of sp³-hybridized carbons (Fsp3) is 0.333. The van der Waals surface area contributed by atoms with Crippen LogP contribution < -0.4 is 5.32 Å². The molecule has 1 aromatic carbocycles. The van der Waals surface area contributed by atoms with Gasteiger partial charge in [-0.25, -0.2) is 4.98 Å². The van der Waals surface area contributed by atoms with Crippen molar-refractivity contribution in [3.63, 3.8) is 0 Å². The quantitative estimate of drug-likeness (QED) is 0.786. The molecule has 0 aliphatic rings. The Morgan fingerprint density at radius 1 is 1.36 bits per heavy atom. The molecule has 2 aromatic rings. The lowest BCUT2D eigenvalue weighted by atomic mass is 10.2. The van der Waals surface area contributed by atoms with Crippen molar-refractivity contribution in [2.75, 3.05) is 18.6 Å². The summed E-state index contributed by atoms with van der Waals surface area (Å²) in [5.41, 5.74) is 1.38. The van der Waals surface area contributed by atoms with E-state index in [0.717, 1.165) is 5.56 Å². The summed E-state index contributed by atoms with van der Waals surface area (Å²) in [6, 6.07) is 7.13. The van der Waals surface area contributed by atoms with E-state index in [1.165, 1.54) is 6.26 Å². The lowest BCUT2D eigenvalue weighted by Gasteiger charge is -2.02. The molecule has 0 radical (unpaired) electrons. The van der Waals surface area contributed by atoms with Gasteiger partial charge in [-0.2, -0.15) is 0 Å². The Kier molecular flexibility index (Phi) is 6.15. The van der Waals surface area contributed by atoms with Crippen LogP contribution in [0.4, 0.5) is 0 Å².